The zero-order valence-corrected chi connectivity index (χ0v) is 29.4. The minimum atomic E-state index is -0.839. The van der Waals surface area contributed by atoms with Gasteiger partial charge in [0.05, 0.1) is 18.8 Å². The van der Waals surface area contributed by atoms with E-state index in [2.05, 4.69) is 43.5 Å². The number of hydrogen-bond acceptors (Lipinski definition) is 3. The second-order valence-electron chi connectivity index (χ2n) is 13.0. The van der Waals surface area contributed by atoms with Gasteiger partial charge in [-0.25, -0.2) is 0 Å². The summed E-state index contributed by atoms with van der Waals surface area (Å²) in [6.07, 6.45) is 46.7. The molecular formula is C40H75NO3. The number of aliphatic hydroxyl groups excluding tert-OH is 2. The van der Waals surface area contributed by atoms with E-state index in [1.54, 1.807) is 6.08 Å². The maximum absolute atomic E-state index is 12.3. The van der Waals surface area contributed by atoms with Crippen LogP contribution in [-0.4, -0.2) is 34.9 Å². The first-order chi connectivity index (χ1) is 21.7. The largest absolute Gasteiger partial charge is 0.394 e. The number of unbranched alkanes of at least 4 members (excludes halogenated alkanes) is 23. The van der Waals surface area contributed by atoms with E-state index in [1.165, 1.54) is 141 Å². The molecule has 44 heavy (non-hydrogen) atoms. The van der Waals surface area contributed by atoms with Crippen LogP contribution < -0.4 is 5.32 Å². The standard InChI is InChI=1S/C40H75NO3/c1-3-5-7-9-11-13-14-15-16-17-18-19-20-21-22-23-24-25-26-28-30-32-34-36-40(44)41-38(37-42)39(43)35-33-31-29-27-12-10-8-6-4-2/h18-19,21-22,33,35,38-39,42-43H,3-17,20,23-32,34,36-37H2,1-2H3,(H,41,44)/b19-18-,22-21-,35-33+. The number of carbonyl (C=O) groups excluding carboxylic acids is 1. The predicted molar refractivity (Wildman–Crippen MR) is 193 cm³/mol. The van der Waals surface area contributed by atoms with Crippen molar-refractivity contribution < 1.29 is 15.0 Å². The van der Waals surface area contributed by atoms with E-state index in [0.29, 0.717) is 6.42 Å². The molecule has 0 aromatic rings. The lowest BCUT2D eigenvalue weighted by atomic mass is 10.1. The van der Waals surface area contributed by atoms with Gasteiger partial charge in [0.25, 0.3) is 0 Å². The molecule has 0 radical (unpaired) electrons. The summed E-state index contributed by atoms with van der Waals surface area (Å²) in [4.78, 5) is 12.3. The molecular weight excluding hydrogens is 542 g/mol. The molecule has 0 saturated heterocycles. The first kappa shape index (κ1) is 42.6. The van der Waals surface area contributed by atoms with Crippen LogP contribution in [0.3, 0.4) is 0 Å². The highest BCUT2D eigenvalue weighted by atomic mass is 16.3. The van der Waals surface area contributed by atoms with Crippen molar-refractivity contribution in [3.05, 3.63) is 36.5 Å². The lowest BCUT2D eigenvalue weighted by Crippen LogP contribution is -2.45. The second kappa shape index (κ2) is 36.1. The van der Waals surface area contributed by atoms with Crippen molar-refractivity contribution in [3.63, 3.8) is 0 Å². The molecule has 1 amide bonds. The van der Waals surface area contributed by atoms with Crippen molar-refractivity contribution in [3.8, 4) is 0 Å². The van der Waals surface area contributed by atoms with Crippen LogP contribution in [0.5, 0.6) is 0 Å². The van der Waals surface area contributed by atoms with Crippen molar-refractivity contribution in [2.24, 2.45) is 0 Å². The number of aliphatic hydroxyl groups is 2. The molecule has 0 aromatic heterocycles. The SMILES string of the molecule is CCCCCCCCC/C=C/C(O)C(CO)NC(=O)CCCCCCCCC/C=C\C/C=C\CCCCCCCCCCC. The van der Waals surface area contributed by atoms with Gasteiger partial charge in [0.2, 0.25) is 5.91 Å². The van der Waals surface area contributed by atoms with Crippen molar-refractivity contribution in [1.82, 2.24) is 5.32 Å². The van der Waals surface area contributed by atoms with Crippen LogP contribution in [0.4, 0.5) is 0 Å². The van der Waals surface area contributed by atoms with Crippen molar-refractivity contribution in [2.45, 2.75) is 206 Å². The molecule has 0 fully saturated rings. The lowest BCUT2D eigenvalue weighted by Gasteiger charge is -2.20. The molecule has 0 aliphatic rings. The first-order valence-corrected chi connectivity index (χ1v) is 19.2. The first-order valence-electron chi connectivity index (χ1n) is 19.2. The van der Waals surface area contributed by atoms with Gasteiger partial charge in [-0.05, 0) is 51.4 Å². The fraction of sp³-hybridized carbons (Fsp3) is 0.825. The average molecular weight is 618 g/mol. The van der Waals surface area contributed by atoms with Crippen LogP contribution in [0.2, 0.25) is 0 Å². The van der Waals surface area contributed by atoms with Crippen LogP contribution >= 0.6 is 0 Å². The highest BCUT2D eigenvalue weighted by Crippen LogP contribution is 2.13. The third kappa shape index (κ3) is 32.0. The summed E-state index contributed by atoms with van der Waals surface area (Å²) in [6, 6.07) is -0.623. The van der Waals surface area contributed by atoms with E-state index in [1.807, 2.05) is 6.08 Å². The van der Waals surface area contributed by atoms with Crippen molar-refractivity contribution >= 4 is 5.91 Å². The Labute approximate surface area is 274 Å². The Morgan fingerprint density at radius 3 is 1.36 bits per heavy atom. The van der Waals surface area contributed by atoms with Crippen LogP contribution in [0.1, 0.15) is 194 Å². The summed E-state index contributed by atoms with van der Waals surface area (Å²) in [5, 5.41) is 22.8. The molecule has 0 aliphatic heterocycles. The second-order valence-corrected chi connectivity index (χ2v) is 13.0. The Hall–Kier alpha value is -1.39. The fourth-order valence-corrected chi connectivity index (χ4v) is 5.62. The Kier molecular flexibility index (Phi) is 34.9. The quantitative estimate of drug-likeness (QED) is 0.0497. The van der Waals surface area contributed by atoms with E-state index < -0.39 is 12.1 Å². The molecule has 3 N–H and O–H groups in total. The third-order valence-electron chi connectivity index (χ3n) is 8.62. The molecule has 2 unspecified atom stereocenters. The number of nitrogens with one attached hydrogen (secondary N) is 1. The highest BCUT2D eigenvalue weighted by molar-refractivity contribution is 5.76. The topological polar surface area (TPSA) is 69.6 Å². The molecule has 0 heterocycles. The number of carbonyl (C=O) groups is 1. The molecule has 0 rings (SSSR count). The Morgan fingerprint density at radius 2 is 0.932 bits per heavy atom. The van der Waals surface area contributed by atoms with Gasteiger partial charge in [-0.2, -0.15) is 0 Å². The Balaban J connectivity index is 3.57. The molecule has 4 nitrogen and oxygen atoms in total. The summed E-state index contributed by atoms with van der Waals surface area (Å²) in [5.74, 6) is -0.0753. The Bertz CT molecular complexity index is 672. The predicted octanol–water partition coefficient (Wildman–Crippen LogP) is 11.5. The minimum absolute atomic E-state index is 0.0753. The van der Waals surface area contributed by atoms with E-state index in [-0.39, 0.29) is 12.5 Å². The van der Waals surface area contributed by atoms with Gasteiger partial charge in [-0.3, -0.25) is 4.79 Å². The Morgan fingerprint density at radius 1 is 0.545 bits per heavy atom. The van der Waals surface area contributed by atoms with Crippen LogP contribution in [0, 0.1) is 0 Å². The number of amides is 1. The molecule has 0 saturated carbocycles. The molecule has 0 aliphatic carbocycles. The summed E-state index contributed by atoms with van der Waals surface area (Å²) in [5.41, 5.74) is 0. The van der Waals surface area contributed by atoms with Gasteiger partial charge in [-0.1, -0.05) is 172 Å². The molecule has 0 bridgehead atoms. The summed E-state index contributed by atoms with van der Waals surface area (Å²) >= 11 is 0. The molecule has 2 atom stereocenters. The van der Waals surface area contributed by atoms with Gasteiger partial charge in [0, 0.05) is 6.42 Å². The van der Waals surface area contributed by atoms with Gasteiger partial charge < -0.3 is 15.5 Å². The normalized spacial score (nSPS) is 13.5. The van der Waals surface area contributed by atoms with E-state index in [9.17, 15) is 15.0 Å². The van der Waals surface area contributed by atoms with E-state index in [4.69, 9.17) is 0 Å². The number of hydrogen-bond donors (Lipinski definition) is 3. The van der Waals surface area contributed by atoms with Gasteiger partial charge >= 0.3 is 0 Å². The van der Waals surface area contributed by atoms with Crippen LogP contribution in [-0.2, 0) is 4.79 Å². The van der Waals surface area contributed by atoms with Gasteiger partial charge in [0.15, 0.2) is 0 Å². The van der Waals surface area contributed by atoms with E-state index in [0.717, 1.165) is 32.1 Å². The zero-order valence-electron chi connectivity index (χ0n) is 29.4. The highest BCUT2D eigenvalue weighted by Gasteiger charge is 2.17. The van der Waals surface area contributed by atoms with Crippen molar-refractivity contribution in [2.75, 3.05) is 6.61 Å². The van der Waals surface area contributed by atoms with E-state index >= 15 is 0 Å². The molecule has 4 heteroatoms. The van der Waals surface area contributed by atoms with Crippen LogP contribution in [0.25, 0.3) is 0 Å². The molecule has 0 aromatic carbocycles. The lowest BCUT2D eigenvalue weighted by molar-refractivity contribution is -0.123. The smallest absolute Gasteiger partial charge is 0.220 e. The van der Waals surface area contributed by atoms with Crippen molar-refractivity contribution in [1.29, 1.82) is 0 Å². The minimum Gasteiger partial charge on any atom is -0.394 e. The summed E-state index contributed by atoms with van der Waals surface area (Å²) < 4.78 is 0. The third-order valence-corrected chi connectivity index (χ3v) is 8.62. The summed E-state index contributed by atoms with van der Waals surface area (Å²) in [6.45, 7) is 4.27. The zero-order chi connectivity index (χ0) is 32.2. The fourth-order valence-electron chi connectivity index (χ4n) is 5.62. The maximum atomic E-state index is 12.3. The monoisotopic (exact) mass is 618 g/mol. The molecule has 258 valence electrons. The van der Waals surface area contributed by atoms with Gasteiger partial charge in [-0.15, -0.1) is 0 Å². The molecule has 0 spiro atoms. The van der Waals surface area contributed by atoms with Crippen LogP contribution in [0.15, 0.2) is 36.5 Å². The summed E-state index contributed by atoms with van der Waals surface area (Å²) in [7, 11) is 0. The maximum Gasteiger partial charge on any atom is 0.220 e. The van der Waals surface area contributed by atoms with Gasteiger partial charge in [0.1, 0.15) is 0 Å². The number of rotatable bonds is 34. The average Bonchev–Trinajstić information content (AvgIpc) is 3.03. The number of allylic oxidation sites excluding steroid dienone is 5.